The SMILES string of the molecule is C=Cc1cc2c(O)c-2c1. The van der Waals surface area contributed by atoms with E-state index in [4.69, 9.17) is 5.11 Å². The maximum absolute atomic E-state index is 8.89. The van der Waals surface area contributed by atoms with Gasteiger partial charge in [-0.1, -0.05) is 12.7 Å². The van der Waals surface area contributed by atoms with Crippen LogP contribution in [-0.4, -0.2) is 5.11 Å². The van der Waals surface area contributed by atoms with Crippen LogP contribution in [0.4, 0.5) is 0 Å². The molecule has 0 radical (unpaired) electrons. The first-order valence-corrected chi connectivity index (χ1v) is 2.83. The summed E-state index contributed by atoms with van der Waals surface area (Å²) in [5.41, 5.74) is 3.08. The standard InChI is InChI=1S/C8H6O/c1-2-5-3-6-7(4-5)8(6)9/h2-4,9H,1H2. The smallest absolute Gasteiger partial charge is 0.131 e. The molecule has 0 heterocycles. The van der Waals surface area contributed by atoms with Crippen LogP contribution in [-0.2, 0) is 0 Å². The third-order valence-corrected chi connectivity index (χ3v) is 1.60. The quantitative estimate of drug-likeness (QED) is 0.607. The van der Waals surface area contributed by atoms with Gasteiger partial charge in [0.05, 0.1) is 0 Å². The molecule has 0 fully saturated rings. The molecule has 0 spiro atoms. The van der Waals surface area contributed by atoms with Gasteiger partial charge in [0.25, 0.3) is 0 Å². The van der Waals surface area contributed by atoms with E-state index in [1.54, 1.807) is 6.08 Å². The second-order valence-electron chi connectivity index (χ2n) is 2.17. The Hall–Kier alpha value is -1.24. The fraction of sp³-hybridized carbons (Fsp3) is 0. The van der Waals surface area contributed by atoms with Gasteiger partial charge in [0.1, 0.15) is 5.75 Å². The van der Waals surface area contributed by atoms with E-state index in [0.29, 0.717) is 5.75 Å². The van der Waals surface area contributed by atoms with Gasteiger partial charge in [-0.3, -0.25) is 0 Å². The molecule has 44 valence electrons. The van der Waals surface area contributed by atoms with Crippen molar-refractivity contribution in [3.05, 3.63) is 24.3 Å². The molecule has 0 aliphatic heterocycles. The summed E-state index contributed by atoms with van der Waals surface area (Å²) in [7, 11) is 0. The van der Waals surface area contributed by atoms with Crippen molar-refractivity contribution in [2.45, 2.75) is 0 Å². The van der Waals surface area contributed by atoms with Gasteiger partial charge in [0, 0.05) is 11.1 Å². The van der Waals surface area contributed by atoms with Crippen molar-refractivity contribution in [1.82, 2.24) is 0 Å². The Balaban J connectivity index is 2.55. The van der Waals surface area contributed by atoms with Crippen LogP contribution in [0.15, 0.2) is 18.7 Å². The van der Waals surface area contributed by atoms with E-state index in [2.05, 4.69) is 6.58 Å². The number of phenols is 1. The van der Waals surface area contributed by atoms with Crippen molar-refractivity contribution < 1.29 is 5.11 Å². The summed E-state index contributed by atoms with van der Waals surface area (Å²) in [5, 5.41) is 8.89. The molecule has 9 heavy (non-hydrogen) atoms. The lowest BCUT2D eigenvalue weighted by Gasteiger charge is -1.76. The first-order chi connectivity index (χ1) is 4.33. The van der Waals surface area contributed by atoms with Crippen LogP contribution >= 0.6 is 0 Å². The van der Waals surface area contributed by atoms with Crippen molar-refractivity contribution in [2.75, 3.05) is 0 Å². The van der Waals surface area contributed by atoms with Crippen molar-refractivity contribution in [2.24, 2.45) is 0 Å². The largest absolute Gasteiger partial charge is 0.507 e. The van der Waals surface area contributed by atoms with Crippen LogP contribution in [0.25, 0.3) is 17.2 Å². The topological polar surface area (TPSA) is 20.2 Å². The van der Waals surface area contributed by atoms with Gasteiger partial charge in [-0.05, 0) is 17.7 Å². The van der Waals surface area contributed by atoms with E-state index >= 15 is 0 Å². The minimum absolute atomic E-state index is 0.459. The van der Waals surface area contributed by atoms with Crippen LogP contribution in [0.3, 0.4) is 0 Å². The molecule has 2 aliphatic rings. The van der Waals surface area contributed by atoms with Gasteiger partial charge in [-0.2, -0.15) is 0 Å². The minimum Gasteiger partial charge on any atom is -0.507 e. The molecule has 0 aromatic rings. The van der Waals surface area contributed by atoms with Gasteiger partial charge in [0.15, 0.2) is 0 Å². The Labute approximate surface area is 53.3 Å². The molecular formula is C8H6O. The lowest BCUT2D eigenvalue weighted by molar-refractivity contribution is 0.495. The monoisotopic (exact) mass is 118 g/mol. The summed E-state index contributed by atoms with van der Waals surface area (Å²) >= 11 is 0. The van der Waals surface area contributed by atoms with E-state index in [1.165, 1.54) is 0 Å². The van der Waals surface area contributed by atoms with Crippen LogP contribution in [0.1, 0.15) is 5.56 Å². The molecule has 0 bridgehead atoms. The predicted octanol–water partition coefficient (Wildman–Crippen LogP) is 2.02. The average Bonchev–Trinajstić information content (AvgIpc) is 2.32. The highest BCUT2D eigenvalue weighted by atomic mass is 16.3. The average molecular weight is 118 g/mol. The molecular weight excluding hydrogens is 112 g/mol. The highest BCUT2D eigenvalue weighted by molar-refractivity contribution is 5.96. The number of hydrogen-bond acceptors (Lipinski definition) is 1. The summed E-state index contributed by atoms with van der Waals surface area (Å²) in [4.78, 5) is 0. The Morgan fingerprint density at radius 2 is 1.89 bits per heavy atom. The molecule has 0 aromatic heterocycles. The second-order valence-corrected chi connectivity index (χ2v) is 2.17. The first-order valence-electron chi connectivity index (χ1n) is 2.83. The number of aromatic hydroxyl groups is 1. The molecule has 0 unspecified atom stereocenters. The molecule has 0 saturated heterocycles. The van der Waals surface area contributed by atoms with Gasteiger partial charge >= 0.3 is 0 Å². The summed E-state index contributed by atoms with van der Waals surface area (Å²) < 4.78 is 0. The van der Waals surface area contributed by atoms with E-state index in [1.807, 2.05) is 12.1 Å². The Bertz CT molecular complexity index is 264. The van der Waals surface area contributed by atoms with E-state index < -0.39 is 0 Å². The molecule has 2 aliphatic carbocycles. The molecule has 2 rings (SSSR count). The first kappa shape index (κ1) is 4.62. The fourth-order valence-corrected chi connectivity index (χ4v) is 0.991. The van der Waals surface area contributed by atoms with Crippen molar-refractivity contribution in [3.63, 3.8) is 0 Å². The lowest BCUT2D eigenvalue weighted by Crippen LogP contribution is -1.54. The fourth-order valence-electron chi connectivity index (χ4n) is 0.991. The van der Waals surface area contributed by atoms with E-state index in [0.717, 1.165) is 16.7 Å². The van der Waals surface area contributed by atoms with Crippen LogP contribution in [0.5, 0.6) is 5.75 Å². The molecule has 1 nitrogen and oxygen atoms in total. The Morgan fingerprint density at radius 3 is 2.33 bits per heavy atom. The van der Waals surface area contributed by atoms with Crippen molar-refractivity contribution in [1.29, 1.82) is 0 Å². The lowest BCUT2D eigenvalue weighted by atomic mass is 10.3. The normalized spacial score (nSPS) is 11.1. The zero-order valence-corrected chi connectivity index (χ0v) is 4.89. The van der Waals surface area contributed by atoms with E-state index in [-0.39, 0.29) is 0 Å². The van der Waals surface area contributed by atoms with Crippen LogP contribution < -0.4 is 0 Å². The molecule has 0 amide bonds. The number of rotatable bonds is 1. The number of phenolic OH excluding ortho intramolecular Hbond substituents is 1. The zero-order chi connectivity index (χ0) is 6.43. The summed E-state index contributed by atoms with van der Waals surface area (Å²) in [6.45, 7) is 3.61. The number of fused-ring (bicyclic) bond motifs is 1. The van der Waals surface area contributed by atoms with Gasteiger partial charge in [-0.25, -0.2) is 0 Å². The highest BCUT2D eigenvalue weighted by Gasteiger charge is 2.24. The Kier molecular flexibility index (Phi) is 0.608. The number of benzene rings is 1. The molecule has 1 heteroatoms. The molecule has 0 aromatic carbocycles. The molecule has 0 atom stereocenters. The zero-order valence-electron chi connectivity index (χ0n) is 4.89. The second kappa shape index (κ2) is 1.18. The van der Waals surface area contributed by atoms with Gasteiger partial charge in [0.2, 0.25) is 0 Å². The third kappa shape index (κ3) is 0.435. The van der Waals surface area contributed by atoms with E-state index in [9.17, 15) is 0 Å². The molecule has 1 N–H and O–H groups in total. The van der Waals surface area contributed by atoms with Crippen LogP contribution in [0, 0.1) is 0 Å². The van der Waals surface area contributed by atoms with Gasteiger partial charge < -0.3 is 5.11 Å². The summed E-state index contributed by atoms with van der Waals surface area (Å²) in [5.74, 6) is 0.459. The minimum atomic E-state index is 0.459. The van der Waals surface area contributed by atoms with Crippen molar-refractivity contribution >= 4 is 6.08 Å². The number of hydrogen-bond donors (Lipinski definition) is 1. The Morgan fingerprint density at radius 1 is 1.33 bits per heavy atom. The van der Waals surface area contributed by atoms with Gasteiger partial charge in [-0.15, -0.1) is 0 Å². The maximum atomic E-state index is 8.89. The maximum Gasteiger partial charge on any atom is 0.131 e. The summed E-state index contributed by atoms with van der Waals surface area (Å²) in [6.07, 6.45) is 1.78. The summed E-state index contributed by atoms with van der Waals surface area (Å²) in [6, 6.07) is 3.86. The third-order valence-electron chi connectivity index (χ3n) is 1.60. The predicted molar refractivity (Wildman–Crippen MR) is 37.2 cm³/mol. The van der Waals surface area contributed by atoms with Crippen LogP contribution in [0.2, 0.25) is 0 Å². The van der Waals surface area contributed by atoms with Crippen molar-refractivity contribution in [3.8, 4) is 16.9 Å². The molecule has 0 saturated carbocycles. The highest BCUT2D eigenvalue weighted by Crippen LogP contribution is 2.51.